The maximum absolute atomic E-state index is 14.4. The molecule has 7 nitrogen and oxygen atoms in total. The highest BCUT2D eigenvalue weighted by molar-refractivity contribution is 5.87. The molecule has 0 radical (unpaired) electrons. The van der Waals surface area contributed by atoms with Gasteiger partial charge >= 0.3 is 5.97 Å². The molecule has 1 amide bonds. The van der Waals surface area contributed by atoms with E-state index in [4.69, 9.17) is 4.74 Å². The van der Waals surface area contributed by atoms with E-state index in [1.54, 1.807) is 12.0 Å². The first-order valence-electron chi connectivity index (χ1n) is 15.6. The second kappa shape index (κ2) is 12.4. The standard InChI is InChI=1S/C37H47N3O4/c1-36(2,3)28-17-18-29(44-7)27(19-28)20-38-32-31(37(4,5)6)34(35(42)43)40(33(32)24-13-9-8-10-14-24)30(41)23-39-21-25-15-11-12-16-26(25)22-39/h8-19,31-34,38H,20-23H2,1-7H3,(H,42,43)/t31-,32-,33-,34-/m0/s1. The van der Waals surface area contributed by atoms with Gasteiger partial charge in [-0.2, -0.15) is 0 Å². The fourth-order valence-corrected chi connectivity index (χ4v) is 7.16. The van der Waals surface area contributed by atoms with Crippen LogP contribution in [0.2, 0.25) is 0 Å². The van der Waals surface area contributed by atoms with Gasteiger partial charge in [-0.25, -0.2) is 4.79 Å². The van der Waals surface area contributed by atoms with Gasteiger partial charge in [-0.15, -0.1) is 0 Å². The number of likely N-dealkylation sites (tertiary alicyclic amines) is 1. The van der Waals surface area contributed by atoms with Gasteiger partial charge in [0.15, 0.2) is 0 Å². The van der Waals surface area contributed by atoms with E-state index in [0.717, 1.165) is 16.9 Å². The van der Waals surface area contributed by atoms with E-state index in [1.807, 2.05) is 48.5 Å². The molecular weight excluding hydrogens is 550 g/mol. The molecule has 2 aliphatic rings. The summed E-state index contributed by atoms with van der Waals surface area (Å²) in [5.41, 5.74) is 5.11. The average Bonchev–Trinajstić information content (AvgIpc) is 3.54. The van der Waals surface area contributed by atoms with Crippen LogP contribution in [0.1, 0.15) is 75.4 Å². The Labute approximate surface area is 262 Å². The summed E-state index contributed by atoms with van der Waals surface area (Å²) in [4.78, 5) is 31.4. The van der Waals surface area contributed by atoms with Gasteiger partial charge in [0.25, 0.3) is 0 Å². The summed E-state index contributed by atoms with van der Waals surface area (Å²) >= 11 is 0. The third-order valence-corrected chi connectivity index (χ3v) is 9.29. The van der Waals surface area contributed by atoms with Crippen LogP contribution in [0.4, 0.5) is 0 Å². The Morgan fingerprint density at radius 1 is 0.909 bits per heavy atom. The van der Waals surface area contributed by atoms with Crippen molar-refractivity contribution >= 4 is 11.9 Å². The smallest absolute Gasteiger partial charge is 0.326 e. The van der Waals surface area contributed by atoms with Crippen molar-refractivity contribution < 1.29 is 19.4 Å². The molecule has 7 heteroatoms. The molecule has 1 saturated heterocycles. The quantitative estimate of drug-likeness (QED) is 0.324. The fourth-order valence-electron chi connectivity index (χ4n) is 7.16. The highest BCUT2D eigenvalue weighted by Gasteiger charge is 2.57. The second-order valence-corrected chi connectivity index (χ2v) is 14.4. The Balaban J connectivity index is 1.53. The summed E-state index contributed by atoms with van der Waals surface area (Å²) in [5, 5.41) is 14.6. The van der Waals surface area contributed by atoms with E-state index >= 15 is 0 Å². The monoisotopic (exact) mass is 597 g/mol. The van der Waals surface area contributed by atoms with Crippen molar-refractivity contribution in [2.75, 3.05) is 13.7 Å². The Bertz CT molecular complexity index is 1470. The number of amides is 1. The van der Waals surface area contributed by atoms with Crippen LogP contribution < -0.4 is 10.1 Å². The molecule has 0 spiro atoms. The van der Waals surface area contributed by atoms with E-state index in [0.29, 0.717) is 19.6 Å². The summed E-state index contributed by atoms with van der Waals surface area (Å²) in [6.07, 6.45) is 0. The number of nitrogens with one attached hydrogen (secondary N) is 1. The van der Waals surface area contributed by atoms with Crippen molar-refractivity contribution in [3.05, 3.63) is 101 Å². The van der Waals surface area contributed by atoms with Gasteiger partial charge in [-0.1, -0.05) is 108 Å². The lowest BCUT2D eigenvalue weighted by Crippen LogP contribution is -2.49. The minimum absolute atomic E-state index is 0.0399. The summed E-state index contributed by atoms with van der Waals surface area (Å²) < 4.78 is 5.75. The molecule has 5 rings (SSSR count). The molecule has 0 bridgehead atoms. The Hall–Kier alpha value is -3.68. The van der Waals surface area contributed by atoms with Gasteiger partial charge in [0.05, 0.1) is 19.7 Å². The number of carbonyl (C=O) groups is 2. The molecule has 3 aromatic rings. The lowest BCUT2D eigenvalue weighted by molar-refractivity contribution is -0.152. The van der Waals surface area contributed by atoms with Crippen LogP contribution in [0.25, 0.3) is 0 Å². The number of benzene rings is 3. The van der Waals surface area contributed by atoms with Crippen LogP contribution in [0.3, 0.4) is 0 Å². The van der Waals surface area contributed by atoms with Gasteiger partial charge in [0.1, 0.15) is 11.8 Å². The maximum Gasteiger partial charge on any atom is 0.326 e. The van der Waals surface area contributed by atoms with Crippen LogP contribution >= 0.6 is 0 Å². The number of nitrogens with zero attached hydrogens (tertiary/aromatic N) is 2. The lowest BCUT2D eigenvalue weighted by Gasteiger charge is -2.35. The largest absolute Gasteiger partial charge is 0.496 e. The first-order valence-corrected chi connectivity index (χ1v) is 15.6. The SMILES string of the molecule is COc1ccc(C(C)(C)C)cc1CN[C@H]1[C@H](C(C)(C)C)[C@@H](C(=O)O)N(C(=O)CN2Cc3ccccc3C2)[C@H]1c1ccccc1. The second-order valence-electron chi connectivity index (χ2n) is 14.4. The van der Waals surface area contributed by atoms with Gasteiger partial charge < -0.3 is 20.1 Å². The predicted molar refractivity (Wildman–Crippen MR) is 173 cm³/mol. The van der Waals surface area contributed by atoms with Crippen molar-refractivity contribution in [1.82, 2.24) is 15.1 Å². The van der Waals surface area contributed by atoms with Gasteiger partial charge in [0, 0.05) is 37.2 Å². The minimum Gasteiger partial charge on any atom is -0.496 e. The van der Waals surface area contributed by atoms with Gasteiger partial charge in [-0.05, 0) is 39.2 Å². The van der Waals surface area contributed by atoms with Crippen LogP contribution in [-0.4, -0.2) is 52.5 Å². The van der Waals surface area contributed by atoms with E-state index in [1.165, 1.54) is 16.7 Å². The number of aliphatic carboxylic acids is 1. The molecule has 44 heavy (non-hydrogen) atoms. The first-order chi connectivity index (χ1) is 20.8. The summed E-state index contributed by atoms with van der Waals surface area (Å²) in [6.45, 7) is 14.8. The molecule has 0 saturated carbocycles. The molecule has 1 fully saturated rings. The zero-order valence-electron chi connectivity index (χ0n) is 27.1. The molecule has 3 aromatic carbocycles. The topological polar surface area (TPSA) is 82.1 Å². The Morgan fingerprint density at radius 2 is 1.52 bits per heavy atom. The third-order valence-electron chi connectivity index (χ3n) is 9.29. The maximum atomic E-state index is 14.4. The van der Waals surface area contributed by atoms with Gasteiger partial charge in [0.2, 0.25) is 5.91 Å². The highest BCUT2D eigenvalue weighted by Crippen LogP contribution is 2.48. The van der Waals surface area contributed by atoms with Crippen LogP contribution in [0.15, 0.2) is 72.8 Å². The molecule has 234 valence electrons. The number of methoxy groups -OCH3 is 1. The Morgan fingerprint density at radius 3 is 2.07 bits per heavy atom. The van der Waals surface area contributed by atoms with Crippen molar-refractivity contribution in [1.29, 1.82) is 0 Å². The zero-order valence-corrected chi connectivity index (χ0v) is 27.1. The highest BCUT2D eigenvalue weighted by atomic mass is 16.5. The number of fused-ring (bicyclic) bond motifs is 1. The number of carboxylic acid groups (broad SMARTS) is 1. The summed E-state index contributed by atoms with van der Waals surface area (Å²) in [6, 6.07) is 22.6. The van der Waals surface area contributed by atoms with Crippen LogP contribution in [0, 0.1) is 11.3 Å². The van der Waals surface area contributed by atoms with Crippen molar-refractivity contribution in [2.45, 2.75) is 84.7 Å². The number of ether oxygens (including phenoxy) is 1. The van der Waals surface area contributed by atoms with Crippen LogP contribution in [0.5, 0.6) is 5.75 Å². The van der Waals surface area contributed by atoms with Crippen molar-refractivity contribution in [2.24, 2.45) is 11.3 Å². The molecule has 0 unspecified atom stereocenters. The summed E-state index contributed by atoms with van der Waals surface area (Å²) in [5.74, 6) is -0.712. The number of rotatable bonds is 8. The molecular formula is C37H47N3O4. The lowest BCUT2D eigenvalue weighted by atomic mass is 9.72. The van der Waals surface area contributed by atoms with Crippen molar-refractivity contribution in [3.63, 3.8) is 0 Å². The van der Waals surface area contributed by atoms with Gasteiger partial charge in [-0.3, -0.25) is 9.69 Å². The number of hydrogen-bond acceptors (Lipinski definition) is 5. The van der Waals surface area contributed by atoms with Crippen molar-refractivity contribution in [3.8, 4) is 5.75 Å². The molecule has 0 aliphatic carbocycles. The summed E-state index contributed by atoms with van der Waals surface area (Å²) in [7, 11) is 1.67. The van der Waals surface area contributed by atoms with Crippen LogP contribution in [-0.2, 0) is 34.6 Å². The zero-order chi connectivity index (χ0) is 31.8. The molecule has 2 heterocycles. The first kappa shape index (κ1) is 31.7. The molecule has 2 aliphatic heterocycles. The number of hydrogen-bond donors (Lipinski definition) is 2. The molecule has 0 aromatic heterocycles. The average molecular weight is 598 g/mol. The Kier molecular flexibility index (Phi) is 8.92. The normalized spacial score (nSPS) is 22.2. The predicted octanol–water partition coefficient (Wildman–Crippen LogP) is 6.17. The minimum atomic E-state index is -0.988. The number of carbonyl (C=O) groups excluding carboxylic acids is 1. The fraction of sp³-hybridized carbons (Fsp3) is 0.459. The molecule has 2 N–H and O–H groups in total. The van der Waals surface area contributed by atoms with E-state index < -0.39 is 23.5 Å². The van der Waals surface area contributed by atoms with E-state index in [2.05, 4.69) is 76.0 Å². The van der Waals surface area contributed by atoms with E-state index in [-0.39, 0.29) is 29.8 Å². The third kappa shape index (κ3) is 6.40. The van der Waals surface area contributed by atoms with E-state index in [9.17, 15) is 14.7 Å². The number of carboxylic acids is 1. The molecule has 4 atom stereocenters.